The third-order valence-electron chi connectivity index (χ3n) is 1.62. The van der Waals surface area contributed by atoms with Gasteiger partial charge in [-0.2, -0.15) is 0 Å². The van der Waals surface area contributed by atoms with Crippen LogP contribution in [0.2, 0.25) is 0 Å². The lowest BCUT2D eigenvalue weighted by atomic mass is 10.5. The Morgan fingerprint density at radius 2 is 0.778 bits per heavy atom. The lowest BCUT2D eigenvalue weighted by Gasteiger charge is -2.34. The lowest BCUT2D eigenvalue weighted by Crippen LogP contribution is -2.71. The molecule has 0 aromatic heterocycles. The summed E-state index contributed by atoms with van der Waals surface area (Å²) in [6.45, 7) is 1.70. The van der Waals surface area contributed by atoms with E-state index < -0.39 is 27.1 Å². The zero-order valence-electron chi connectivity index (χ0n) is 13.5. The van der Waals surface area contributed by atoms with Crippen LogP contribution in [0.3, 0.4) is 0 Å². The van der Waals surface area contributed by atoms with Gasteiger partial charge in [-0.1, -0.05) is 5.92 Å². The smallest absolute Gasteiger partial charge is 0.368 e. The van der Waals surface area contributed by atoms with Gasteiger partial charge >= 0.3 is 27.1 Å². The Bertz CT molecular complexity index is 911. The second-order valence-electron chi connectivity index (χ2n) is 3.72. The van der Waals surface area contributed by atoms with Crippen molar-refractivity contribution in [1.82, 2.24) is 0 Å². The zero-order chi connectivity index (χ0) is 20.8. The van der Waals surface area contributed by atoms with Gasteiger partial charge in [0.15, 0.2) is 0 Å². The quantitative estimate of drug-likeness (QED) is 0.171. The topological polar surface area (TPSA) is 149 Å². The van der Waals surface area contributed by atoms with Gasteiger partial charge in [0.1, 0.15) is 0 Å². The minimum atomic E-state index is -4.86. The van der Waals surface area contributed by atoms with Crippen LogP contribution in [0.1, 0.15) is 6.92 Å². The third-order valence-corrected chi connectivity index (χ3v) is 8.00. The minimum Gasteiger partial charge on any atom is -0.368 e. The highest BCUT2D eigenvalue weighted by atomic mass is 28.6. The zero-order valence-corrected chi connectivity index (χ0v) is 16.5. The highest BCUT2D eigenvalue weighted by Gasteiger charge is 2.67. The molecule has 0 bridgehead atoms. The van der Waals surface area contributed by atoms with Crippen molar-refractivity contribution in [3.05, 3.63) is 0 Å². The van der Waals surface area contributed by atoms with Crippen LogP contribution >= 0.6 is 0 Å². The Balaban J connectivity index is 0.000000511. The van der Waals surface area contributed by atoms with E-state index in [2.05, 4.69) is 89.3 Å². The molecule has 0 amide bonds. The third kappa shape index (κ3) is 14.1. The summed E-state index contributed by atoms with van der Waals surface area (Å²) in [5.74, 6) is 31.9. The molecule has 0 aromatic rings. The van der Waals surface area contributed by atoms with Crippen LogP contribution in [0.4, 0.5) is 0 Å². The second-order valence-corrected chi connectivity index (χ2v) is 9.46. The van der Waals surface area contributed by atoms with Crippen molar-refractivity contribution >= 4 is 27.1 Å². The number of hydrogen-bond acceptors (Lipinski definition) is 9. The van der Waals surface area contributed by atoms with Gasteiger partial charge in [-0.05, 0) is 78.0 Å². The van der Waals surface area contributed by atoms with Gasteiger partial charge in [0, 0.05) is 0 Å². The largest absolute Gasteiger partial charge is 0.662 e. The first-order valence-electron chi connectivity index (χ1n) is 6.36. The van der Waals surface area contributed by atoms with Crippen LogP contribution in [0.25, 0.3) is 0 Å². The molecule has 0 aliphatic carbocycles. The predicted molar refractivity (Wildman–Crippen MR) is 95.0 cm³/mol. The molecule has 0 aromatic carbocycles. The molecule has 1 heterocycles. The van der Waals surface area contributed by atoms with Gasteiger partial charge in [-0.25, -0.2) is 0 Å². The van der Waals surface area contributed by atoms with Gasteiger partial charge in [-0.15, -0.1) is 6.42 Å². The van der Waals surface area contributed by atoms with E-state index in [-0.39, 0.29) is 0 Å². The molecule has 9 nitrogen and oxygen atoms in total. The van der Waals surface area contributed by atoms with E-state index in [9.17, 15) is 0 Å². The van der Waals surface area contributed by atoms with Gasteiger partial charge in [0.25, 0.3) is 0 Å². The van der Waals surface area contributed by atoms with Gasteiger partial charge < -0.3 is 41.1 Å². The van der Waals surface area contributed by atoms with Gasteiger partial charge in [0.2, 0.25) is 0 Å². The van der Waals surface area contributed by atoms with Crippen LogP contribution in [-0.4, -0.2) is 55.9 Å². The van der Waals surface area contributed by atoms with E-state index in [1.807, 2.05) is 0 Å². The van der Waals surface area contributed by atoms with Gasteiger partial charge in [0.05, 0.1) is 0 Å². The molecule has 136 valence electrons. The summed E-state index contributed by atoms with van der Waals surface area (Å²) < 4.78 is 11.3. The van der Waals surface area contributed by atoms with E-state index >= 15 is 0 Å². The normalized spacial score (nSPS) is 16.1. The van der Waals surface area contributed by atoms with E-state index in [0.717, 1.165) is 0 Å². The van der Waals surface area contributed by atoms with Crippen molar-refractivity contribution in [3.63, 3.8) is 0 Å². The lowest BCUT2D eigenvalue weighted by molar-refractivity contribution is -0.0465. The average molecular weight is 418 g/mol. The summed E-state index contributed by atoms with van der Waals surface area (Å²) in [5, 5.41) is 0. The van der Waals surface area contributed by atoms with E-state index in [0.29, 0.717) is 0 Å². The molecule has 0 unspecified atom stereocenters. The Kier molecular flexibility index (Phi) is 10.5. The standard InChI is InChI=1S/C15H4.H6O9Si3/c1-3-5-7-9-11-13-15-14-12-10-8-6-4-2;1-10(2)7-11(3,4)9-12(5,6)8-10/h1H,2H3;1-6H. The molecule has 0 spiro atoms. The van der Waals surface area contributed by atoms with E-state index in [1.54, 1.807) is 6.92 Å². The molecule has 12 heteroatoms. The SMILES string of the molecule is C#CC#CC#CC#CC#CC#CC#CC.O[Si]1(O)O[Si](O)(O)O[Si](O)(O)O1. The predicted octanol–water partition coefficient (Wildman–Crippen LogP) is -4.03. The maximum atomic E-state index is 8.65. The molecular formula is C15H10O9Si3. The Morgan fingerprint density at radius 1 is 0.519 bits per heavy atom. The summed E-state index contributed by atoms with van der Waals surface area (Å²) in [4.78, 5) is 51.9. The maximum Gasteiger partial charge on any atom is 0.662 e. The first-order chi connectivity index (χ1) is 12.5. The first kappa shape index (κ1) is 24.2. The van der Waals surface area contributed by atoms with Crippen molar-refractivity contribution in [3.8, 4) is 83.4 Å². The van der Waals surface area contributed by atoms with Crippen LogP contribution in [0.5, 0.6) is 0 Å². The molecule has 1 aliphatic heterocycles. The Morgan fingerprint density at radius 3 is 1.04 bits per heavy atom. The first-order valence-corrected chi connectivity index (χ1v) is 11.5. The molecule has 1 rings (SSSR count). The van der Waals surface area contributed by atoms with Crippen LogP contribution in [0, 0.1) is 83.4 Å². The number of rotatable bonds is 0. The summed E-state index contributed by atoms with van der Waals surface area (Å²) in [7, 11) is -14.6. The van der Waals surface area contributed by atoms with Crippen molar-refractivity contribution in [2.45, 2.75) is 6.92 Å². The molecular weight excluding hydrogens is 408 g/mol. The summed E-state index contributed by atoms with van der Waals surface area (Å²) in [6, 6.07) is 0. The minimum absolute atomic E-state index is 1.70. The van der Waals surface area contributed by atoms with E-state index in [4.69, 9.17) is 35.2 Å². The molecule has 1 aliphatic rings. The summed E-state index contributed by atoms with van der Waals surface area (Å²) in [6.07, 6.45) is 4.87. The van der Waals surface area contributed by atoms with Gasteiger partial charge in [-0.3, -0.25) is 0 Å². The average Bonchev–Trinajstić information content (AvgIpc) is 2.48. The maximum absolute atomic E-state index is 8.65. The molecule has 6 N–H and O–H groups in total. The molecule has 1 fully saturated rings. The van der Waals surface area contributed by atoms with Crippen molar-refractivity contribution in [2.24, 2.45) is 0 Å². The van der Waals surface area contributed by atoms with Crippen molar-refractivity contribution in [2.75, 3.05) is 0 Å². The highest BCUT2D eigenvalue weighted by molar-refractivity contribution is 6.79. The second kappa shape index (κ2) is 11.8. The van der Waals surface area contributed by atoms with Crippen LogP contribution in [0.15, 0.2) is 0 Å². The van der Waals surface area contributed by atoms with Crippen LogP contribution < -0.4 is 0 Å². The van der Waals surface area contributed by atoms with E-state index in [1.165, 1.54) is 0 Å². The fraction of sp³-hybridized carbons (Fsp3) is 0.0667. The van der Waals surface area contributed by atoms with Crippen molar-refractivity contribution in [1.29, 1.82) is 0 Å². The van der Waals surface area contributed by atoms with Crippen molar-refractivity contribution < 1.29 is 41.1 Å². The fourth-order valence-electron chi connectivity index (χ4n) is 0.962. The van der Waals surface area contributed by atoms with Crippen LogP contribution in [-0.2, 0) is 12.3 Å². The Hall–Kier alpha value is -2.79. The molecule has 0 radical (unpaired) electrons. The molecule has 0 saturated carbocycles. The summed E-state index contributed by atoms with van der Waals surface area (Å²) >= 11 is 0. The molecule has 1 saturated heterocycles. The number of hydrogen-bond donors (Lipinski definition) is 6. The highest BCUT2D eigenvalue weighted by Crippen LogP contribution is 2.20. The molecule has 0 atom stereocenters. The monoisotopic (exact) mass is 418 g/mol. The molecule has 27 heavy (non-hydrogen) atoms. The fourth-order valence-corrected chi connectivity index (χ4v) is 6.74. The number of terminal acetylenes is 1. The summed E-state index contributed by atoms with van der Waals surface area (Å²) in [5.41, 5.74) is 0. The Labute approximate surface area is 159 Å².